The topological polar surface area (TPSA) is 72.8 Å². The smallest absolute Gasteiger partial charge is 0.324 e. The first kappa shape index (κ1) is 20.7. The molecular weight excluding hydrogens is 308 g/mol. The quantitative estimate of drug-likeness (QED) is 0.375. The second-order valence-corrected chi connectivity index (χ2v) is 6.85. The van der Waals surface area contributed by atoms with Crippen LogP contribution in [-0.4, -0.2) is 35.9 Å². The number of carbonyl (C=O) groups excluding carboxylic acids is 2. The van der Waals surface area contributed by atoms with Crippen molar-refractivity contribution in [3.05, 3.63) is 12.2 Å². The van der Waals surface area contributed by atoms with Gasteiger partial charge in [0.05, 0.1) is 18.8 Å². The fourth-order valence-electron chi connectivity index (χ4n) is 2.87. The van der Waals surface area contributed by atoms with Crippen LogP contribution in [0.15, 0.2) is 12.2 Å². The average molecular weight is 340 g/mol. The molecule has 1 saturated carbocycles. The zero-order chi connectivity index (χ0) is 18.4. The van der Waals surface area contributed by atoms with Crippen molar-refractivity contribution in [3.8, 4) is 0 Å². The molecule has 0 aromatic carbocycles. The molecule has 0 aromatic heterocycles. The minimum atomic E-state index is -1.23. The van der Waals surface area contributed by atoms with Gasteiger partial charge in [-0.3, -0.25) is 9.59 Å². The maximum atomic E-state index is 12.2. The van der Waals surface area contributed by atoms with Crippen molar-refractivity contribution in [2.24, 2.45) is 17.3 Å². The lowest BCUT2D eigenvalue weighted by atomic mass is 9.86. The molecule has 0 bridgehead atoms. The van der Waals surface area contributed by atoms with Gasteiger partial charge in [0.2, 0.25) is 0 Å². The molecule has 0 aromatic rings. The molecule has 0 saturated heterocycles. The Morgan fingerprint density at radius 1 is 1.25 bits per heavy atom. The van der Waals surface area contributed by atoms with Gasteiger partial charge in [0.25, 0.3) is 0 Å². The fraction of sp³-hybridized carbons (Fsp3) is 0.789. The summed E-state index contributed by atoms with van der Waals surface area (Å²) in [4.78, 5) is 24.5. The van der Waals surface area contributed by atoms with Crippen molar-refractivity contribution in [3.63, 3.8) is 0 Å². The third kappa shape index (κ3) is 4.59. The number of carbonyl (C=O) groups is 2. The maximum absolute atomic E-state index is 12.2. The molecule has 1 fully saturated rings. The van der Waals surface area contributed by atoms with E-state index in [0.717, 1.165) is 19.3 Å². The van der Waals surface area contributed by atoms with Crippen LogP contribution in [0.1, 0.15) is 60.3 Å². The summed E-state index contributed by atoms with van der Waals surface area (Å²) in [5, 5.41) is 10.6. The Bertz CT molecular complexity index is 448. The predicted molar refractivity (Wildman–Crippen MR) is 92.3 cm³/mol. The monoisotopic (exact) mass is 340 g/mol. The lowest BCUT2D eigenvalue weighted by molar-refractivity contribution is -0.164. The summed E-state index contributed by atoms with van der Waals surface area (Å²) >= 11 is 0. The highest BCUT2D eigenvalue weighted by Crippen LogP contribution is 2.55. The van der Waals surface area contributed by atoms with Gasteiger partial charge in [0, 0.05) is 5.92 Å². The van der Waals surface area contributed by atoms with Crippen LogP contribution in [0.5, 0.6) is 0 Å². The molecule has 0 heterocycles. The molecule has 24 heavy (non-hydrogen) atoms. The van der Waals surface area contributed by atoms with E-state index >= 15 is 0 Å². The van der Waals surface area contributed by atoms with Gasteiger partial charge in [-0.2, -0.15) is 0 Å². The summed E-state index contributed by atoms with van der Waals surface area (Å²) in [7, 11) is 0. The summed E-state index contributed by atoms with van der Waals surface area (Å²) in [6.45, 7) is 9.77. The Morgan fingerprint density at radius 2 is 1.79 bits per heavy atom. The number of aliphatic hydroxyl groups is 1. The van der Waals surface area contributed by atoms with Gasteiger partial charge < -0.3 is 14.6 Å². The minimum absolute atomic E-state index is 0.104. The summed E-state index contributed by atoms with van der Waals surface area (Å²) in [6, 6.07) is 0. The van der Waals surface area contributed by atoms with Crippen LogP contribution < -0.4 is 0 Å². The van der Waals surface area contributed by atoms with E-state index < -0.39 is 23.0 Å². The number of ether oxygens (including phenoxy) is 2. The highest BCUT2D eigenvalue weighted by Gasteiger charge is 2.67. The van der Waals surface area contributed by atoms with Crippen molar-refractivity contribution in [2.75, 3.05) is 13.2 Å². The van der Waals surface area contributed by atoms with Crippen LogP contribution in [0.25, 0.3) is 0 Å². The maximum Gasteiger partial charge on any atom is 0.324 e. The second-order valence-electron chi connectivity index (χ2n) is 6.85. The molecule has 5 heteroatoms. The first-order chi connectivity index (χ1) is 11.3. The van der Waals surface area contributed by atoms with Gasteiger partial charge in [0.1, 0.15) is 0 Å². The van der Waals surface area contributed by atoms with Crippen LogP contribution >= 0.6 is 0 Å². The minimum Gasteiger partial charge on any atom is -0.465 e. The second kappa shape index (κ2) is 8.65. The summed E-state index contributed by atoms with van der Waals surface area (Å²) in [5.74, 6) is -1.24. The molecule has 0 amide bonds. The number of unbranched alkanes of at least 4 members (excludes halogenated alkanes) is 1. The predicted octanol–water partition coefficient (Wildman–Crippen LogP) is 3.25. The molecule has 3 unspecified atom stereocenters. The SMILES string of the molecule is CCCCC(C)C(C)(O)C=CC1CC1(C(=O)OCC)C(=O)OCC. The Balaban J connectivity index is 2.83. The number of hydrogen-bond acceptors (Lipinski definition) is 5. The van der Waals surface area contributed by atoms with Crippen molar-refractivity contribution in [1.82, 2.24) is 0 Å². The standard InChI is InChI=1S/C19H32O5/c1-6-9-10-14(4)18(5,22)12-11-15-13-19(15,16(20)23-7-2)17(21)24-8-3/h11-12,14-15,22H,6-10,13H2,1-5H3. The van der Waals surface area contributed by atoms with E-state index in [0.29, 0.717) is 6.42 Å². The molecule has 3 atom stereocenters. The Morgan fingerprint density at radius 3 is 2.25 bits per heavy atom. The molecule has 0 radical (unpaired) electrons. The van der Waals surface area contributed by atoms with E-state index in [9.17, 15) is 14.7 Å². The third-order valence-electron chi connectivity index (χ3n) is 4.95. The fourth-order valence-corrected chi connectivity index (χ4v) is 2.87. The normalized spacial score (nSPS) is 22.7. The molecule has 0 aliphatic heterocycles. The molecule has 5 nitrogen and oxygen atoms in total. The molecule has 1 aliphatic rings. The van der Waals surface area contributed by atoms with E-state index in [1.54, 1.807) is 32.9 Å². The zero-order valence-corrected chi connectivity index (χ0v) is 15.6. The van der Waals surface area contributed by atoms with E-state index in [1.807, 2.05) is 6.92 Å². The highest BCUT2D eigenvalue weighted by atomic mass is 16.6. The number of allylic oxidation sites excluding steroid dienone is 1. The van der Waals surface area contributed by atoms with Crippen molar-refractivity contribution in [1.29, 1.82) is 0 Å². The van der Waals surface area contributed by atoms with Gasteiger partial charge >= 0.3 is 11.9 Å². The number of esters is 2. The molecule has 0 spiro atoms. The largest absolute Gasteiger partial charge is 0.465 e. The number of rotatable bonds is 10. The van der Waals surface area contributed by atoms with Crippen LogP contribution in [0, 0.1) is 17.3 Å². The first-order valence-corrected chi connectivity index (χ1v) is 9.02. The summed E-state index contributed by atoms with van der Waals surface area (Å²) in [6.07, 6.45) is 6.94. The van der Waals surface area contributed by atoms with Crippen LogP contribution in [0.2, 0.25) is 0 Å². The molecule has 1 N–H and O–H groups in total. The average Bonchev–Trinajstić information content (AvgIpc) is 3.27. The van der Waals surface area contributed by atoms with E-state index in [2.05, 4.69) is 6.92 Å². The Kier molecular flexibility index (Phi) is 7.46. The lowest BCUT2D eigenvalue weighted by Crippen LogP contribution is -2.32. The van der Waals surface area contributed by atoms with E-state index in [-0.39, 0.29) is 25.0 Å². The van der Waals surface area contributed by atoms with E-state index in [4.69, 9.17) is 9.47 Å². The lowest BCUT2D eigenvalue weighted by Gasteiger charge is -2.27. The van der Waals surface area contributed by atoms with Crippen LogP contribution in [-0.2, 0) is 19.1 Å². The Hall–Kier alpha value is -1.36. The van der Waals surface area contributed by atoms with Gasteiger partial charge in [0.15, 0.2) is 5.41 Å². The molecule has 138 valence electrons. The van der Waals surface area contributed by atoms with Gasteiger partial charge in [-0.05, 0) is 39.5 Å². The van der Waals surface area contributed by atoms with Crippen molar-refractivity contribution in [2.45, 2.75) is 65.9 Å². The van der Waals surface area contributed by atoms with Gasteiger partial charge in [-0.15, -0.1) is 0 Å². The summed E-state index contributed by atoms with van der Waals surface area (Å²) < 4.78 is 10.1. The van der Waals surface area contributed by atoms with Crippen LogP contribution in [0.3, 0.4) is 0 Å². The first-order valence-electron chi connectivity index (χ1n) is 9.02. The van der Waals surface area contributed by atoms with Gasteiger partial charge in [-0.25, -0.2) is 0 Å². The van der Waals surface area contributed by atoms with Crippen molar-refractivity contribution >= 4 is 11.9 Å². The number of hydrogen-bond donors (Lipinski definition) is 1. The van der Waals surface area contributed by atoms with Crippen molar-refractivity contribution < 1.29 is 24.2 Å². The van der Waals surface area contributed by atoms with Crippen LogP contribution in [0.4, 0.5) is 0 Å². The Labute approximate surface area is 145 Å². The zero-order valence-electron chi connectivity index (χ0n) is 15.6. The molecular formula is C19H32O5. The highest BCUT2D eigenvalue weighted by molar-refractivity contribution is 6.04. The molecule has 1 rings (SSSR count). The van der Waals surface area contributed by atoms with Gasteiger partial charge in [-0.1, -0.05) is 38.8 Å². The summed E-state index contributed by atoms with van der Waals surface area (Å²) in [5.41, 5.74) is -2.20. The third-order valence-corrected chi connectivity index (χ3v) is 4.95. The van der Waals surface area contributed by atoms with E-state index in [1.165, 1.54) is 0 Å². The molecule has 1 aliphatic carbocycles.